The zero-order chi connectivity index (χ0) is 15.7. The maximum Gasteiger partial charge on any atom is 0.00841 e. The van der Waals surface area contributed by atoms with Crippen molar-refractivity contribution in [2.45, 2.75) is 27.7 Å². The van der Waals surface area contributed by atoms with Gasteiger partial charge < -0.3 is 0 Å². The normalized spacial score (nSPS) is 22.7. The molecule has 1 aromatic rings. The minimum Gasteiger partial charge on any atom is -0.0767 e. The Morgan fingerprint density at radius 1 is 0.909 bits per heavy atom. The maximum atomic E-state index is 2.36. The van der Waals surface area contributed by atoms with Gasteiger partial charge in [0.15, 0.2) is 0 Å². The van der Waals surface area contributed by atoms with Crippen molar-refractivity contribution in [2.24, 2.45) is 11.8 Å². The maximum absolute atomic E-state index is 2.36. The van der Waals surface area contributed by atoms with Gasteiger partial charge in [-0.3, -0.25) is 0 Å². The Morgan fingerprint density at radius 2 is 1.64 bits per heavy atom. The molecule has 0 heteroatoms. The molecule has 2 aliphatic rings. The number of hydrogen-bond donors (Lipinski definition) is 0. The first-order valence-electron chi connectivity index (χ1n) is 8.07. The van der Waals surface area contributed by atoms with E-state index in [1.807, 2.05) is 0 Å². The largest absolute Gasteiger partial charge is 0.0767 e. The molecule has 0 N–H and O–H groups in total. The average molecular weight is 288 g/mol. The van der Waals surface area contributed by atoms with Gasteiger partial charge in [0.05, 0.1) is 0 Å². The molecule has 3 rings (SSSR count). The van der Waals surface area contributed by atoms with Gasteiger partial charge in [-0.2, -0.15) is 0 Å². The summed E-state index contributed by atoms with van der Waals surface area (Å²) in [6.45, 7) is 8.94. The first kappa shape index (κ1) is 14.8. The molecule has 1 aromatic carbocycles. The molecule has 0 aromatic heterocycles. The van der Waals surface area contributed by atoms with Crippen LogP contribution >= 0.6 is 0 Å². The molecule has 0 heterocycles. The monoisotopic (exact) mass is 288 g/mol. The van der Waals surface area contributed by atoms with Crippen LogP contribution in [0, 0.1) is 18.8 Å². The molecule has 2 aliphatic carbocycles. The molecular weight excluding hydrogens is 264 g/mol. The van der Waals surface area contributed by atoms with Crippen molar-refractivity contribution >= 4 is 5.57 Å². The van der Waals surface area contributed by atoms with Gasteiger partial charge in [0, 0.05) is 11.8 Å². The molecule has 0 fully saturated rings. The number of fused-ring (bicyclic) bond motifs is 1. The summed E-state index contributed by atoms with van der Waals surface area (Å²) in [7, 11) is 0. The predicted octanol–water partition coefficient (Wildman–Crippen LogP) is 6.03. The van der Waals surface area contributed by atoms with Crippen molar-refractivity contribution in [1.82, 2.24) is 0 Å². The molecule has 112 valence electrons. The van der Waals surface area contributed by atoms with Gasteiger partial charge in [0.2, 0.25) is 0 Å². The molecule has 0 saturated heterocycles. The summed E-state index contributed by atoms with van der Waals surface area (Å²) >= 11 is 0. The molecule has 0 aliphatic heterocycles. The summed E-state index contributed by atoms with van der Waals surface area (Å²) in [4.78, 5) is 0. The second-order valence-corrected chi connectivity index (χ2v) is 6.52. The van der Waals surface area contributed by atoms with Crippen molar-refractivity contribution in [3.05, 3.63) is 88.6 Å². The first-order chi connectivity index (χ1) is 10.6. The highest BCUT2D eigenvalue weighted by Gasteiger charge is 2.25. The minimum absolute atomic E-state index is 0.503. The molecule has 2 unspecified atom stereocenters. The molecule has 2 atom stereocenters. The third-order valence-corrected chi connectivity index (χ3v) is 4.77. The molecule has 0 bridgehead atoms. The fourth-order valence-corrected chi connectivity index (χ4v) is 3.58. The summed E-state index contributed by atoms with van der Waals surface area (Å²) in [5.74, 6) is 1.02. The lowest BCUT2D eigenvalue weighted by atomic mass is 9.74. The van der Waals surface area contributed by atoms with Gasteiger partial charge >= 0.3 is 0 Å². The zero-order valence-corrected chi connectivity index (χ0v) is 13.9. The molecule has 0 saturated carbocycles. The Bertz CT molecular complexity index is 731. The Balaban J connectivity index is 2.14. The number of rotatable bonds is 2. The van der Waals surface area contributed by atoms with Gasteiger partial charge in [-0.15, -0.1) is 0 Å². The molecule has 0 amide bonds. The molecule has 0 nitrogen and oxygen atoms in total. The highest BCUT2D eigenvalue weighted by molar-refractivity contribution is 5.86. The van der Waals surface area contributed by atoms with Crippen LogP contribution in [0.2, 0.25) is 0 Å². The summed E-state index contributed by atoms with van der Waals surface area (Å²) in [6, 6.07) is 8.70. The topological polar surface area (TPSA) is 0 Å². The highest BCUT2D eigenvalue weighted by Crippen LogP contribution is 2.40. The molecule has 0 spiro atoms. The minimum atomic E-state index is 0.503. The Morgan fingerprint density at radius 3 is 2.36 bits per heavy atom. The quantitative estimate of drug-likeness (QED) is 0.623. The van der Waals surface area contributed by atoms with E-state index in [0.717, 1.165) is 0 Å². The van der Waals surface area contributed by atoms with Crippen LogP contribution in [-0.2, 0) is 0 Å². The van der Waals surface area contributed by atoms with Crippen LogP contribution in [0.4, 0.5) is 0 Å². The number of aryl methyl sites for hydroxylation is 1. The first-order valence-corrected chi connectivity index (χ1v) is 8.07. The van der Waals surface area contributed by atoms with Crippen molar-refractivity contribution in [2.75, 3.05) is 0 Å². The van der Waals surface area contributed by atoms with E-state index in [-0.39, 0.29) is 0 Å². The van der Waals surface area contributed by atoms with E-state index in [4.69, 9.17) is 0 Å². The van der Waals surface area contributed by atoms with Crippen molar-refractivity contribution in [1.29, 1.82) is 0 Å². The average Bonchev–Trinajstić information content (AvgIpc) is 2.51. The van der Waals surface area contributed by atoms with Gasteiger partial charge in [-0.1, -0.05) is 71.9 Å². The van der Waals surface area contributed by atoms with E-state index in [1.165, 1.54) is 33.4 Å². The fourth-order valence-electron chi connectivity index (χ4n) is 3.58. The second kappa shape index (κ2) is 5.96. The van der Waals surface area contributed by atoms with Crippen molar-refractivity contribution in [3.63, 3.8) is 0 Å². The summed E-state index contributed by atoms with van der Waals surface area (Å²) in [5.41, 5.74) is 8.35. The number of hydrogen-bond acceptors (Lipinski definition) is 0. The van der Waals surface area contributed by atoms with Crippen molar-refractivity contribution in [3.8, 4) is 0 Å². The molecular formula is C22H24. The van der Waals surface area contributed by atoms with Gasteiger partial charge in [-0.25, -0.2) is 0 Å². The van der Waals surface area contributed by atoms with Crippen LogP contribution in [0.5, 0.6) is 0 Å². The van der Waals surface area contributed by atoms with E-state index < -0.39 is 0 Å². The Hall–Kier alpha value is -2.08. The van der Waals surface area contributed by atoms with Gasteiger partial charge in [0.25, 0.3) is 0 Å². The fraction of sp³-hybridized carbons (Fsp3) is 0.273. The van der Waals surface area contributed by atoms with Crippen LogP contribution in [-0.4, -0.2) is 0 Å². The summed E-state index contributed by atoms with van der Waals surface area (Å²) < 4.78 is 0. The van der Waals surface area contributed by atoms with Crippen LogP contribution < -0.4 is 0 Å². The van der Waals surface area contributed by atoms with E-state index in [1.54, 1.807) is 0 Å². The van der Waals surface area contributed by atoms with Crippen LogP contribution in [0.25, 0.3) is 5.57 Å². The van der Waals surface area contributed by atoms with E-state index in [2.05, 4.69) is 88.4 Å². The molecule has 0 radical (unpaired) electrons. The highest BCUT2D eigenvalue weighted by atomic mass is 14.3. The molecule has 22 heavy (non-hydrogen) atoms. The summed E-state index contributed by atoms with van der Waals surface area (Å²) in [5, 5.41) is 0. The SMILES string of the molecule is CC(C)=C(C1=C(C)C2C=CC=CC2C=C1)c1ccccc1C. The lowest BCUT2D eigenvalue weighted by molar-refractivity contribution is 0.620. The lowest BCUT2D eigenvalue weighted by Crippen LogP contribution is -2.17. The second-order valence-electron chi connectivity index (χ2n) is 6.52. The van der Waals surface area contributed by atoms with E-state index in [9.17, 15) is 0 Å². The lowest BCUT2D eigenvalue weighted by Gasteiger charge is -2.30. The van der Waals surface area contributed by atoms with Crippen LogP contribution in [0.1, 0.15) is 31.9 Å². The smallest absolute Gasteiger partial charge is 0.00841 e. The predicted molar refractivity (Wildman–Crippen MR) is 96.5 cm³/mol. The Kier molecular flexibility index (Phi) is 4.02. The summed E-state index contributed by atoms with van der Waals surface area (Å²) in [6.07, 6.45) is 13.7. The third-order valence-electron chi connectivity index (χ3n) is 4.77. The van der Waals surface area contributed by atoms with Crippen molar-refractivity contribution < 1.29 is 0 Å². The number of benzene rings is 1. The van der Waals surface area contributed by atoms with E-state index in [0.29, 0.717) is 11.8 Å². The standard InChI is InChI=1S/C22H24/c1-15(2)22(19-11-7-5-9-16(19)3)21-14-13-18-10-6-8-12-20(18)17(21)4/h5-14,18,20H,1-4H3. The van der Waals surface area contributed by atoms with Gasteiger partial charge in [-0.05, 0) is 50.0 Å². The Labute approximate surface area is 134 Å². The van der Waals surface area contributed by atoms with Crippen LogP contribution in [0.15, 0.2) is 77.4 Å². The van der Waals surface area contributed by atoms with E-state index >= 15 is 0 Å². The van der Waals surface area contributed by atoms with Crippen LogP contribution in [0.3, 0.4) is 0 Å². The van der Waals surface area contributed by atoms with Gasteiger partial charge in [0.1, 0.15) is 0 Å². The number of allylic oxidation sites excluding steroid dienone is 10. The third kappa shape index (κ3) is 2.54. The zero-order valence-electron chi connectivity index (χ0n) is 13.9.